The number of hydrazone groups is 1. The standard InChI is InChI=1S/C20H34N4O/c1-17-9-5-14-18(2)7-4-8-19(3,16(25)24-22)13(18)6-10-20(14,12-17)11-15(17)23-21/h13-14H,4-12,21-22H2,1-3H3,(H,24,25)/b23-15-/t13?,14?,17-,18+,19+,20-/m0/s1. The van der Waals surface area contributed by atoms with Gasteiger partial charge in [-0.15, -0.1) is 0 Å². The topological polar surface area (TPSA) is 93.5 Å². The summed E-state index contributed by atoms with van der Waals surface area (Å²) in [6, 6.07) is 0. The van der Waals surface area contributed by atoms with Crippen LogP contribution in [0.25, 0.3) is 0 Å². The van der Waals surface area contributed by atoms with Crippen molar-refractivity contribution in [2.45, 2.75) is 78.6 Å². The van der Waals surface area contributed by atoms with Crippen molar-refractivity contribution in [2.75, 3.05) is 0 Å². The van der Waals surface area contributed by atoms with E-state index in [1.54, 1.807) is 0 Å². The van der Waals surface area contributed by atoms with Gasteiger partial charge in [0.25, 0.3) is 0 Å². The molecule has 4 aliphatic carbocycles. The molecule has 2 unspecified atom stereocenters. The minimum absolute atomic E-state index is 0.0376. The highest BCUT2D eigenvalue weighted by molar-refractivity contribution is 5.93. The molecular weight excluding hydrogens is 312 g/mol. The maximum absolute atomic E-state index is 12.7. The molecule has 0 aromatic carbocycles. The molecule has 0 aromatic heterocycles. The van der Waals surface area contributed by atoms with Crippen LogP contribution in [-0.2, 0) is 4.79 Å². The number of fused-ring (bicyclic) bond motifs is 3. The summed E-state index contributed by atoms with van der Waals surface area (Å²) in [5, 5.41) is 4.22. The lowest BCUT2D eigenvalue weighted by Crippen LogP contribution is -2.60. The smallest absolute Gasteiger partial charge is 0.240 e. The molecule has 0 radical (unpaired) electrons. The summed E-state index contributed by atoms with van der Waals surface area (Å²) < 4.78 is 0. The van der Waals surface area contributed by atoms with Gasteiger partial charge in [-0.05, 0) is 74.0 Å². The molecule has 0 aromatic rings. The van der Waals surface area contributed by atoms with Crippen molar-refractivity contribution in [1.29, 1.82) is 0 Å². The Balaban J connectivity index is 1.74. The zero-order chi connectivity index (χ0) is 18.1. The number of nitrogens with zero attached hydrogens (tertiary/aromatic N) is 1. The zero-order valence-corrected chi connectivity index (χ0v) is 16.0. The normalized spacial score (nSPS) is 53.2. The molecule has 5 heteroatoms. The Morgan fingerprint density at radius 1 is 1.12 bits per heavy atom. The quantitative estimate of drug-likeness (QED) is 0.387. The monoisotopic (exact) mass is 346 g/mol. The van der Waals surface area contributed by atoms with Crippen LogP contribution >= 0.6 is 0 Å². The minimum atomic E-state index is -0.326. The summed E-state index contributed by atoms with van der Waals surface area (Å²) in [7, 11) is 0. The average Bonchev–Trinajstić information content (AvgIpc) is 2.78. The number of hydrogen-bond donors (Lipinski definition) is 3. The first kappa shape index (κ1) is 17.3. The summed E-state index contributed by atoms with van der Waals surface area (Å²) in [5.41, 5.74) is 4.19. The number of nitrogens with one attached hydrogen (secondary N) is 1. The highest BCUT2D eigenvalue weighted by Crippen LogP contribution is 2.73. The van der Waals surface area contributed by atoms with Gasteiger partial charge in [-0.2, -0.15) is 5.10 Å². The van der Waals surface area contributed by atoms with E-state index in [0.29, 0.717) is 17.3 Å². The van der Waals surface area contributed by atoms with Gasteiger partial charge in [0.1, 0.15) is 0 Å². The maximum atomic E-state index is 12.7. The highest BCUT2D eigenvalue weighted by Gasteiger charge is 2.67. The van der Waals surface area contributed by atoms with Gasteiger partial charge in [0.2, 0.25) is 5.91 Å². The lowest BCUT2D eigenvalue weighted by atomic mass is 9.40. The van der Waals surface area contributed by atoms with E-state index in [0.717, 1.165) is 25.7 Å². The molecule has 0 heterocycles. The highest BCUT2D eigenvalue weighted by atomic mass is 16.2. The Morgan fingerprint density at radius 2 is 1.84 bits per heavy atom. The fourth-order valence-corrected chi connectivity index (χ4v) is 8.16. The van der Waals surface area contributed by atoms with E-state index in [1.807, 2.05) is 0 Å². The predicted molar refractivity (Wildman–Crippen MR) is 99.2 cm³/mol. The fraction of sp³-hybridized carbons (Fsp3) is 0.900. The van der Waals surface area contributed by atoms with Crippen LogP contribution in [0.5, 0.6) is 0 Å². The SMILES string of the molecule is C[C@@]12CCC3[C@@](CCC4[C@@]3(C)CCC[C@@]4(C)C(=O)NN)(C/C1=N/N)C2. The van der Waals surface area contributed by atoms with Crippen molar-refractivity contribution in [1.82, 2.24) is 5.43 Å². The van der Waals surface area contributed by atoms with Crippen LogP contribution in [0.2, 0.25) is 0 Å². The zero-order valence-electron chi connectivity index (χ0n) is 16.0. The molecule has 5 N–H and O–H groups in total. The van der Waals surface area contributed by atoms with Gasteiger partial charge < -0.3 is 5.84 Å². The van der Waals surface area contributed by atoms with Crippen LogP contribution in [0.4, 0.5) is 0 Å². The maximum Gasteiger partial charge on any atom is 0.240 e. The van der Waals surface area contributed by atoms with Crippen molar-refractivity contribution in [2.24, 2.45) is 50.3 Å². The Bertz CT molecular complexity index is 633. The van der Waals surface area contributed by atoms with Crippen LogP contribution in [0.1, 0.15) is 78.6 Å². The Kier molecular flexibility index (Phi) is 3.61. The number of carbonyl (C=O) groups excluding carboxylic acids is 1. The minimum Gasteiger partial charge on any atom is -0.323 e. The van der Waals surface area contributed by atoms with Gasteiger partial charge in [0.05, 0.1) is 5.41 Å². The van der Waals surface area contributed by atoms with Crippen molar-refractivity contribution in [3.63, 3.8) is 0 Å². The molecular formula is C20H34N4O. The summed E-state index contributed by atoms with van der Waals surface area (Å²) in [4.78, 5) is 12.7. The molecule has 5 nitrogen and oxygen atoms in total. The van der Waals surface area contributed by atoms with Crippen LogP contribution in [0, 0.1) is 33.5 Å². The predicted octanol–water partition coefficient (Wildman–Crippen LogP) is 3.09. The summed E-state index contributed by atoms with van der Waals surface area (Å²) in [6.07, 6.45) is 10.4. The molecule has 1 amide bonds. The molecule has 4 saturated carbocycles. The van der Waals surface area contributed by atoms with E-state index in [9.17, 15) is 4.79 Å². The molecule has 0 aliphatic heterocycles. The van der Waals surface area contributed by atoms with Crippen LogP contribution in [0.15, 0.2) is 5.10 Å². The van der Waals surface area contributed by atoms with Gasteiger partial charge in [0, 0.05) is 11.1 Å². The van der Waals surface area contributed by atoms with Gasteiger partial charge >= 0.3 is 0 Å². The van der Waals surface area contributed by atoms with E-state index in [-0.39, 0.29) is 22.2 Å². The molecule has 25 heavy (non-hydrogen) atoms. The largest absolute Gasteiger partial charge is 0.323 e. The molecule has 2 bridgehead atoms. The number of rotatable bonds is 1. The van der Waals surface area contributed by atoms with Gasteiger partial charge in [-0.25, -0.2) is 5.84 Å². The molecule has 6 atom stereocenters. The Hall–Kier alpha value is -1.10. The third-order valence-electron chi connectivity index (χ3n) is 9.19. The van der Waals surface area contributed by atoms with Crippen LogP contribution < -0.4 is 17.1 Å². The fourth-order valence-electron chi connectivity index (χ4n) is 8.16. The average molecular weight is 347 g/mol. The second-order valence-electron chi connectivity index (χ2n) is 10.3. The van der Waals surface area contributed by atoms with E-state index in [1.165, 1.54) is 37.8 Å². The lowest BCUT2D eigenvalue weighted by Gasteiger charge is -2.64. The first-order valence-corrected chi connectivity index (χ1v) is 10.0. The van der Waals surface area contributed by atoms with Crippen LogP contribution in [-0.4, -0.2) is 11.6 Å². The number of hydrogen-bond acceptors (Lipinski definition) is 4. The van der Waals surface area contributed by atoms with Crippen molar-refractivity contribution < 1.29 is 4.79 Å². The van der Waals surface area contributed by atoms with Crippen LogP contribution in [0.3, 0.4) is 0 Å². The summed E-state index contributed by atoms with van der Waals surface area (Å²) >= 11 is 0. The van der Waals surface area contributed by atoms with E-state index in [2.05, 4.69) is 31.3 Å². The van der Waals surface area contributed by atoms with Gasteiger partial charge in [0.15, 0.2) is 0 Å². The number of hydrazine groups is 1. The summed E-state index contributed by atoms with van der Waals surface area (Å²) in [6.45, 7) is 7.00. The molecule has 4 fully saturated rings. The second-order valence-corrected chi connectivity index (χ2v) is 10.3. The molecule has 140 valence electrons. The first-order valence-electron chi connectivity index (χ1n) is 10.0. The Labute approximate surface area is 151 Å². The molecule has 4 aliphatic rings. The van der Waals surface area contributed by atoms with Gasteiger partial charge in [-0.1, -0.05) is 27.2 Å². The number of carbonyl (C=O) groups is 1. The Morgan fingerprint density at radius 3 is 2.52 bits per heavy atom. The third kappa shape index (κ3) is 2.05. The van der Waals surface area contributed by atoms with Crippen molar-refractivity contribution in [3.8, 4) is 0 Å². The second kappa shape index (κ2) is 5.21. The number of nitrogens with two attached hydrogens (primary N) is 2. The number of amides is 1. The van der Waals surface area contributed by atoms with Gasteiger partial charge in [-0.3, -0.25) is 10.2 Å². The van der Waals surface area contributed by atoms with E-state index < -0.39 is 0 Å². The van der Waals surface area contributed by atoms with E-state index >= 15 is 0 Å². The van der Waals surface area contributed by atoms with E-state index in [4.69, 9.17) is 11.7 Å². The molecule has 4 rings (SSSR count). The molecule has 1 spiro atoms. The van der Waals surface area contributed by atoms with Crippen molar-refractivity contribution >= 4 is 11.6 Å². The lowest BCUT2D eigenvalue weighted by molar-refractivity contribution is -0.170. The molecule has 0 saturated heterocycles. The summed E-state index contributed by atoms with van der Waals surface area (Å²) in [5.74, 6) is 12.5. The third-order valence-corrected chi connectivity index (χ3v) is 9.19. The van der Waals surface area contributed by atoms with Crippen molar-refractivity contribution in [3.05, 3.63) is 0 Å². The first-order chi connectivity index (χ1) is 11.7.